The average molecular weight is 245 g/mol. The molecule has 0 saturated carbocycles. The van der Waals surface area contributed by atoms with E-state index < -0.39 is 0 Å². The van der Waals surface area contributed by atoms with Crippen molar-refractivity contribution < 1.29 is 5.11 Å². The lowest BCUT2D eigenvalue weighted by Crippen LogP contribution is -2.42. The normalized spacial score (nSPS) is 20.6. The van der Waals surface area contributed by atoms with E-state index in [1.807, 2.05) is 17.9 Å². The van der Waals surface area contributed by atoms with Gasteiger partial charge in [-0.05, 0) is 31.4 Å². The van der Waals surface area contributed by atoms with E-state index in [0.29, 0.717) is 0 Å². The van der Waals surface area contributed by atoms with Gasteiger partial charge in [-0.25, -0.2) is 4.98 Å². The molecule has 3 rings (SSSR count). The monoisotopic (exact) mass is 245 g/mol. The van der Waals surface area contributed by atoms with Gasteiger partial charge in [-0.15, -0.1) is 0 Å². The second-order valence-electron chi connectivity index (χ2n) is 5.03. The third-order valence-corrected chi connectivity index (χ3v) is 3.88. The van der Waals surface area contributed by atoms with Crippen LogP contribution in [0.1, 0.15) is 19.3 Å². The SMILES string of the molecule is Cn1cnc2c(N3CCCC[C@H]3CO)cccc21. The number of aryl methyl sites for hydroxylation is 1. The summed E-state index contributed by atoms with van der Waals surface area (Å²) in [5.74, 6) is 0. The van der Waals surface area contributed by atoms with E-state index in [9.17, 15) is 5.11 Å². The van der Waals surface area contributed by atoms with Gasteiger partial charge in [0.05, 0.1) is 30.2 Å². The maximum atomic E-state index is 9.53. The second-order valence-corrected chi connectivity index (χ2v) is 5.03. The van der Waals surface area contributed by atoms with Gasteiger partial charge in [0.25, 0.3) is 0 Å². The number of anilines is 1. The first-order valence-corrected chi connectivity index (χ1v) is 6.59. The summed E-state index contributed by atoms with van der Waals surface area (Å²) in [6.45, 7) is 1.24. The minimum absolute atomic E-state index is 0.225. The molecule has 2 aromatic rings. The first-order valence-electron chi connectivity index (χ1n) is 6.59. The van der Waals surface area contributed by atoms with Gasteiger partial charge in [-0.1, -0.05) is 6.07 Å². The maximum absolute atomic E-state index is 9.53. The van der Waals surface area contributed by atoms with Gasteiger partial charge in [0.15, 0.2) is 0 Å². The highest BCUT2D eigenvalue weighted by molar-refractivity contribution is 5.89. The van der Waals surface area contributed by atoms with Gasteiger partial charge in [-0.3, -0.25) is 0 Å². The second kappa shape index (κ2) is 4.61. The highest BCUT2D eigenvalue weighted by atomic mass is 16.3. The molecule has 1 N–H and O–H groups in total. The Morgan fingerprint density at radius 1 is 1.39 bits per heavy atom. The number of para-hydroxylation sites is 1. The minimum atomic E-state index is 0.225. The van der Waals surface area contributed by atoms with Gasteiger partial charge >= 0.3 is 0 Å². The number of imidazole rings is 1. The summed E-state index contributed by atoms with van der Waals surface area (Å²) in [7, 11) is 2.01. The third kappa shape index (κ3) is 1.77. The van der Waals surface area contributed by atoms with Crippen molar-refractivity contribution >= 4 is 16.7 Å². The predicted molar refractivity (Wildman–Crippen MR) is 72.8 cm³/mol. The van der Waals surface area contributed by atoms with E-state index >= 15 is 0 Å². The molecular weight excluding hydrogens is 226 g/mol. The summed E-state index contributed by atoms with van der Waals surface area (Å²) in [5.41, 5.74) is 3.35. The van der Waals surface area contributed by atoms with Crippen molar-refractivity contribution in [2.75, 3.05) is 18.1 Å². The molecule has 1 aromatic heterocycles. The number of benzene rings is 1. The van der Waals surface area contributed by atoms with Crippen LogP contribution < -0.4 is 4.90 Å². The van der Waals surface area contributed by atoms with E-state index in [2.05, 4.69) is 28.1 Å². The number of rotatable bonds is 2. The molecular formula is C14H19N3O. The Morgan fingerprint density at radius 3 is 3.11 bits per heavy atom. The molecule has 0 amide bonds. The lowest BCUT2D eigenvalue weighted by molar-refractivity contribution is 0.240. The first-order chi connectivity index (χ1) is 8.81. The van der Waals surface area contributed by atoms with Crippen LogP contribution in [-0.2, 0) is 7.05 Å². The largest absolute Gasteiger partial charge is 0.394 e. The van der Waals surface area contributed by atoms with Crippen LogP contribution in [0.15, 0.2) is 24.5 Å². The zero-order valence-electron chi connectivity index (χ0n) is 10.7. The average Bonchev–Trinajstić information content (AvgIpc) is 2.81. The molecule has 4 heteroatoms. The molecule has 1 aliphatic heterocycles. The van der Waals surface area contributed by atoms with E-state index in [-0.39, 0.29) is 12.6 Å². The minimum Gasteiger partial charge on any atom is -0.394 e. The van der Waals surface area contributed by atoms with Crippen LogP contribution in [0.25, 0.3) is 11.0 Å². The summed E-state index contributed by atoms with van der Waals surface area (Å²) >= 11 is 0. The van der Waals surface area contributed by atoms with Crippen LogP contribution >= 0.6 is 0 Å². The van der Waals surface area contributed by atoms with Gasteiger partial charge in [0, 0.05) is 13.6 Å². The number of aliphatic hydroxyl groups excluding tert-OH is 1. The Hall–Kier alpha value is -1.55. The summed E-state index contributed by atoms with van der Waals surface area (Å²) < 4.78 is 2.04. The summed E-state index contributed by atoms with van der Waals surface area (Å²) in [4.78, 5) is 6.82. The summed E-state index contributed by atoms with van der Waals surface area (Å²) in [6.07, 6.45) is 5.32. The molecule has 0 aliphatic carbocycles. The number of hydrogen-bond acceptors (Lipinski definition) is 3. The van der Waals surface area contributed by atoms with Gasteiger partial charge in [-0.2, -0.15) is 0 Å². The Morgan fingerprint density at radius 2 is 2.28 bits per heavy atom. The summed E-state index contributed by atoms with van der Waals surface area (Å²) in [6, 6.07) is 6.52. The van der Waals surface area contributed by atoms with Crippen molar-refractivity contribution in [3.05, 3.63) is 24.5 Å². The van der Waals surface area contributed by atoms with E-state index in [0.717, 1.165) is 29.7 Å². The number of aliphatic hydroxyl groups is 1. The fraction of sp³-hybridized carbons (Fsp3) is 0.500. The van der Waals surface area contributed by atoms with Crippen LogP contribution in [0, 0.1) is 0 Å². The number of hydrogen-bond donors (Lipinski definition) is 1. The molecule has 1 saturated heterocycles. The van der Waals surface area contributed by atoms with Crippen molar-refractivity contribution in [3.63, 3.8) is 0 Å². The smallest absolute Gasteiger partial charge is 0.112 e. The van der Waals surface area contributed by atoms with Crippen molar-refractivity contribution in [1.82, 2.24) is 9.55 Å². The van der Waals surface area contributed by atoms with Crippen molar-refractivity contribution in [2.45, 2.75) is 25.3 Å². The number of aromatic nitrogens is 2. The van der Waals surface area contributed by atoms with Crippen LogP contribution in [0.3, 0.4) is 0 Å². The molecule has 18 heavy (non-hydrogen) atoms. The van der Waals surface area contributed by atoms with Crippen LogP contribution in [0.4, 0.5) is 5.69 Å². The zero-order chi connectivity index (χ0) is 12.5. The molecule has 1 aliphatic rings. The fourth-order valence-electron chi connectivity index (χ4n) is 2.88. The van der Waals surface area contributed by atoms with Gasteiger partial charge in [0.1, 0.15) is 5.52 Å². The predicted octanol–water partition coefficient (Wildman–Crippen LogP) is 1.92. The van der Waals surface area contributed by atoms with Crippen molar-refractivity contribution in [3.8, 4) is 0 Å². The van der Waals surface area contributed by atoms with E-state index in [1.165, 1.54) is 12.8 Å². The van der Waals surface area contributed by atoms with Gasteiger partial charge in [0.2, 0.25) is 0 Å². The number of fused-ring (bicyclic) bond motifs is 1. The van der Waals surface area contributed by atoms with Gasteiger partial charge < -0.3 is 14.6 Å². The molecule has 0 bridgehead atoms. The third-order valence-electron chi connectivity index (χ3n) is 3.88. The maximum Gasteiger partial charge on any atom is 0.112 e. The highest BCUT2D eigenvalue weighted by Gasteiger charge is 2.23. The lowest BCUT2D eigenvalue weighted by Gasteiger charge is -2.36. The van der Waals surface area contributed by atoms with Crippen LogP contribution in [0.5, 0.6) is 0 Å². The Bertz CT molecular complexity index is 549. The Labute approximate surface area is 107 Å². The number of nitrogens with zero attached hydrogens (tertiary/aromatic N) is 3. The quantitative estimate of drug-likeness (QED) is 0.879. The Kier molecular flexibility index (Phi) is 2.96. The molecule has 96 valence electrons. The number of piperidine rings is 1. The molecule has 1 aromatic carbocycles. The Balaban J connectivity index is 2.07. The first kappa shape index (κ1) is 11.5. The van der Waals surface area contributed by atoms with Crippen molar-refractivity contribution in [1.29, 1.82) is 0 Å². The molecule has 2 heterocycles. The highest BCUT2D eigenvalue weighted by Crippen LogP contribution is 2.30. The topological polar surface area (TPSA) is 41.3 Å². The molecule has 1 atom stereocenters. The van der Waals surface area contributed by atoms with Crippen LogP contribution in [0.2, 0.25) is 0 Å². The molecule has 0 radical (unpaired) electrons. The van der Waals surface area contributed by atoms with Crippen molar-refractivity contribution in [2.24, 2.45) is 7.05 Å². The molecule has 0 unspecified atom stereocenters. The molecule has 4 nitrogen and oxygen atoms in total. The molecule has 0 spiro atoms. The lowest BCUT2D eigenvalue weighted by atomic mass is 10.0. The zero-order valence-corrected chi connectivity index (χ0v) is 10.7. The standard InChI is InChI=1S/C14H19N3O/c1-16-10-15-14-12(16)6-4-7-13(14)17-8-3-2-5-11(17)9-18/h4,6-7,10-11,18H,2-3,5,8-9H2,1H3/t11-/m0/s1. The fourth-order valence-corrected chi connectivity index (χ4v) is 2.88. The van der Waals surface area contributed by atoms with E-state index in [4.69, 9.17) is 0 Å². The summed E-state index contributed by atoms with van der Waals surface area (Å²) in [5, 5.41) is 9.53. The van der Waals surface area contributed by atoms with E-state index in [1.54, 1.807) is 0 Å². The van der Waals surface area contributed by atoms with Crippen LogP contribution in [-0.4, -0.2) is 33.9 Å². The molecule has 1 fully saturated rings.